The maximum absolute atomic E-state index is 14.4. The highest BCUT2D eigenvalue weighted by Gasteiger charge is 2.43. The summed E-state index contributed by atoms with van der Waals surface area (Å²) < 4.78 is 43.0. The van der Waals surface area contributed by atoms with E-state index in [4.69, 9.17) is 23.7 Å². The number of non-ortho nitro benzene ring substituents is 1. The van der Waals surface area contributed by atoms with Gasteiger partial charge < -0.3 is 23.7 Å². The van der Waals surface area contributed by atoms with Crippen molar-refractivity contribution in [2.24, 2.45) is 0 Å². The number of ether oxygens (including phenoxy) is 5. The van der Waals surface area contributed by atoms with E-state index in [-0.39, 0.29) is 47.5 Å². The van der Waals surface area contributed by atoms with Crippen molar-refractivity contribution in [1.82, 2.24) is 19.5 Å². The summed E-state index contributed by atoms with van der Waals surface area (Å²) in [5, 5.41) is 10.8. The Balaban J connectivity index is 1.58. The summed E-state index contributed by atoms with van der Waals surface area (Å²) >= 11 is 0. The molecule has 0 bridgehead atoms. The van der Waals surface area contributed by atoms with Crippen molar-refractivity contribution < 1.29 is 42.6 Å². The Labute approximate surface area is 214 Å². The minimum absolute atomic E-state index is 0.0193. The molecule has 1 aromatic carbocycles. The lowest BCUT2D eigenvalue weighted by Crippen LogP contribution is -2.28. The number of methoxy groups -OCH3 is 1. The predicted octanol–water partition coefficient (Wildman–Crippen LogP) is 2.38. The second kappa shape index (κ2) is 11.1. The molecule has 0 amide bonds. The molecule has 200 valence electrons. The summed E-state index contributed by atoms with van der Waals surface area (Å²) in [6, 6.07) is 5.93. The summed E-state index contributed by atoms with van der Waals surface area (Å²) in [4.78, 5) is 45.1. The van der Waals surface area contributed by atoms with Gasteiger partial charge in [-0.1, -0.05) is 12.1 Å². The van der Waals surface area contributed by atoms with Gasteiger partial charge in [-0.05, 0) is 5.56 Å². The minimum atomic E-state index is -1.12. The van der Waals surface area contributed by atoms with Gasteiger partial charge in [0.1, 0.15) is 6.33 Å². The Morgan fingerprint density at radius 3 is 2.55 bits per heavy atom. The topological polar surface area (TPSA) is 167 Å². The van der Waals surface area contributed by atoms with Crippen molar-refractivity contribution in [2.45, 2.75) is 32.6 Å². The van der Waals surface area contributed by atoms with Gasteiger partial charge in [-0.25, -0.2) is 4.98 Å². The number of carbonyl (C=O) groups excluding carboxylic acids is 2. The van der Waals surface area contributed by atoms with Gasteiger partial charge in [0.25, 0.3) is 5.69 Å². The number of nitro groups is 1. The molecule has 1 unspecified atom stereocenters. The van der Waals surface area contributed by atoms with Gasteiger partial charge >= 0.3 is 18.0 Å². The largest absolute Gasteiger partial charge is 0.493 e. The van der Waals surface area contributed by atoms with Crippen LogP contribution in [0.4, 0.5) is 10.1 Å². The molecule has 0 aliphatic carbocycles. The van der Waals surface area contributed by atoms with Crippen LogP contribution in [-0.4, -0.2) is 62.8 Å². The first-order valence-corrected chi connectivity index (χ1v) is 11.2. The van der Waals surface area contributed by atoms with Crippen LogP contribution in [0.15, 0.2) is 42.1 Å². The molecule has 3 aromatic rings. The zero-order valence-electron chi connectivity index (χ0n) is 20.5. The van der Waals surface area contributed by atoms with Crippen LogP contribution in [0.5, 0.6) is 5.88 Å². The highest BCUT2D eigenvalue weighted by atomic mass is 19.1. The Kier molecular flexibility index (Phi) is 7.64. The van der Waals surface area contributed by atoms with Crippen molar-refractivity contribution in [3.8, 4) is 5.88 Å². The van der Waals surface area contributed by atoms with E-state index in [0.29, 0.717) is 6.42 Å². The number of rotatable bonds is 10. The van der Waals surface area contributed by atoms with Crippen LogP contribution in [0.1, 0.15) is 25.6 Å². The maximum atomic E-state index is 14.4. The van der Waals surface area contributed by atoms with E-state index >= 15 is 0 Å². The molecular weight excluding hydrogens is 509 g/mol. The second-order valence-electron chi connectivity index (χ2n) is 7.95. The Bertz CT molecular complexity index is 1410. The van der Waals surface area contributed by atoms with Crippen LogP contribution < -0.4 is 4.74 Å². The molecule has 0 fully saturated rings. The molecule has 1 aliphatic heterocycles. The van der Waals surface area contributed by atoms with Crippen molar-refractivity contribution in [3.05, 3.63) is 63.9 Å². The molecule has 4 rings (SSSR count). The lowest BCUT2D eigenvalue weighted by molar-refractivity contribution is -0.384. The summed E-state index contributed by atoms with van der Waals surface area (Å²) in [6.07, 6.45) is -1.71. The predicted molar refractivity (Wildman–Crippen MR) is 124 cm³/mol. The molecule has 15 heteroatoms. The monoisotopic (exact) mass is 531 g/mol. The van der Waals surface area contributed by atoms with Gasteiger partial charge in [-0.15, -0.1) is 0 Å². The third-order valence-electron chi connectivity index (χ3n) is 5.39. The van der Waals surface area contributed by atoms with Crippen LogP contribution in [-0.2, 0) is 35.0 Å². The molecule has 0 radical (unpaired) electrons. The van der Waals surface area contributed by atoms with Gasteiger partial charge in [-0.3, -0.25) is 24.3 Å². The zero-order valence-corrected chi connectivity index (χ0v) is 20.5. The summed E-state index contributed by atoms with van der Waals surface area (Å²) in [7, 11) is 1.33. The smallest absolute Gasteiger partial charge is 0.314 e. The number of carbonyl (C=O) groups is 2. The van der Waals surface area contributed by atoms with Gasteiger partial charge in [-0.2, -0.15) is 14.4 Å². The van der Waals surface area contributed by atoms with E-state index in [1.54, 1.807) is 12.1 Å². The first-order chi connectivity index (χ1) is 18.2. The van der Waals surface area contributed by atoms with Crippen molar-refractivity contribution in [3.63, 3.8) is 0 Å². The summed E-state index contributed by atoms with van der Waals surface area (Å²) in [5.74, 6) is -1.16. The van der Waals surface area contributed by atoms with Gasteiger partial charge in [0.2, 0.25) is 18.2 Å². The lowest BCUT2D eigenvalue weighted by Gasteiger charge is -2.21. The number of nitrogens with zero attached hydrogens (tertiary/aromatic N) is 5. The average molecular weight is 531 g/mol. The Morgan fingerprint density at radius 1 is 1.18 bits per heavy atom. The normalized spacial score (nSPS) is 16.7. The van der Waals surface area contributed by atoms with E-state index in [2.05, 4.69) is 15.0 Å². The SMILES string of the molecule is COC1=C(COC(C)=O)O[C@@H](n2cnc3c(OCCc4ccc([N+](=O)[O-])cc4)nc(F)nc32)C1OC(C)=O. The van der Waals surface area contributed by atoms with Gasteiger partial charge in [0.15, 0.2) is 29.3 Å². The number of halogens is 1. The maximum Gasteiger partial charge on any atom is 0.314 e. The Morgan fingerprint density at radius 2 is 1.92 bits per heavy atom. The molecular formula is C23H22FN5O9. The number of nitro benzene ring substituents is 1. The molecule has 3 heterocycles. The van der Waals surface area contributed by atoms with E-state index in [0.717, 1.165) is 5.56 Å². The third kappa shape index (κ3) is 5.61. The van der Waals surface area contributed by atoms with E-state index in [9.17, 15) is 24.1 Å². The molecule has 0 saturated carbocycles. The van der Waals surface area contributed by atoms with E-state index in [1.165, 1.54) is 44.0 Å². The number of hydrogen-bond acceptors (Lipinski definition) is 12. The number of hydrogen-bond donors (Lipinski definition) is 0. The molecule has 0 saturated heterocycles. The van der Waals surface area contributed by atoms with Gasteiger partial charge in [0.05, 0.1) is 18.6 Å². The second-order valence-corrected chi connectivity index (χ2v) is 7.95. The van der Waals surface area contributed by atoms with Crippen molar-refractivity contribution in [2.75, 3.05) is 20.3 Å². The highest BCUT2D eigenvalue weighted by molar-refractivity contribution is 5.76. The fourth-order valence-corrected chi connectivity index (χ4v) is 3.75. The molecule has 2 atom stereocenters. The minimum Gasteiger partial charge on any atom is -0.493 e. The standard InChI is InChI=1S/C23H22FN5O9/c1-12(30)36-10-16-18(34-3)19(37-13(2)31)22(38-16)28-11-25-17-20(28)26-23(24)27-21(17)35-9-8-14-4-6-15(7-5-14)29(32)33/h4-7,11,19,22H,8-10H2,1-3H3/t19?,22-/m1/s1. The molecule has 0 spiro atoms. The molecule has 1 aliphatic rings. The van der Waals surface area contributed by atoms with Gasteiger partial charge in [0, 0.05) is 32.4 Å². The van der Waals surface area contributed by atoms with E-state index in [1.807, 2.05) is 0 Å². The average Bonchev–Trinajstić information content (AvgIpc) is 3.43. The zero-order chi connectivity index (χ0) is 27.4. The number of imidazole rings is 1. The third-order valence-corrected chi connectivity index (χ3v) is 5.39. The molecule has 2 aromatic heterocycles. The van der Waals surface area contributed by atoms with Crippen LogP contribution in [0.2, 0.25) is 0 Å². The molecule has 38 heavy (non-hydrogen) atoms. The quantitative estimate of drug-likeness (QED) is 0.162. The van der Waals surface area contributed by atoms with Crippen molar-refractivity contribution >= 4 is 28.8 Å². The summed E-state index contributed by atoms with van der Waals surface area (Å²) in [6.45, 7) is 2.18. The Hall–Kier alpha value is -4.82. The number of benzene rings is 1. The first-order valence-electron chi connectivity index (χ1n) is 11.2. The summed E-state index contributed by atoms with van der Waals surface area (Å²) in [5.41, 5.74) is 0.805. The van der Waals surface area contributed by atoms with Crippen LogP contribution in [0, 0.1) is 16.2 Å². The van der Waals surface area contributed by atoms with Crippen LogP contribution in [0.25, 0.3) is 11.2 Å². The van der Waals surface area contributed by atoms with E-state index < -0.39 is 35.3 Å². The van der Waals surface area contributed by atoms with Crippen molar-refractivity contribution in [1.29, 1.82) is 0 Å². The molecule has 0 N–H and O–H groups in total. The lowest BCUT2D eigenvalue weighted by atomic mass is 10.1. The fourth-order valence-electron chi connectivity index (χ4n) is 3.75. The fraction of sp³-hybridized carbons (Fsp3) is 0.348. The number of aromatic nitrogens is 4. The first kappa shape index (κ1) is 26.2. The molecule has 14 nitrogen and oxygen atoms in total. The van der Waals surface area contributed by atoms with Crippen LogP contribution in [0.3, 0.4) is 0 Å². The van der Waals surface area contributed by atoms with Crippen LogP contribution >= 0.6 is 0 Å². The highest BCUT2D eigenvalue weighted by Crippen LogP contribution is 2.37. The number of fused-ring (bicyclic) bond motifs is 1. The number of esters is 2.